The van der Waals surface area contributed by atoms with E-state index in [1.54, 1.807) is 13.2 Å². The van der Waals surface area contributed by atoms with Crippen LogP contribution in [0.15, 0.2) is 48.5 Å². The molecule has 0 bridgehead atoms. The highest BCUT2D eigenvalue weighted by molar-refractivity contribution is 5.91. The molecule has 0 aliphatic carbocycles. The second kappa shape index (κ2) is 8.92. The summed E-state index contributed by atoms with van der Waals surface area (Å²) in [6.07, 6.45) is 3.27. The fraction of sp³-hybridized carbons (Fsp3) is 0.286. The molecule has 0 fully saturated rings. The van der Waals surface area contributed by atoms with Crippen LogP contribution < -0.4 is 14.8 Å². The maximum Gasteiger partial charge on any atom is 0.244 e. The van der Waals surface area contributed by atoms with Crippen LogP contribution in [0.25, 0.3) is 6.08 Å². The van der Waals surface area contributed by atoms with Gasteiger partial charge in [-0.2, -0.15) is 0 Å². The molecule has 0 radical (unpaired) electrons. The zero-order valence-corrected chi connectivity index (χ0v) is 15.2. The van der Waals surface area contributed by atoms with Crippen molar-refractivity contribution < 1.29 is 14.3 Å². The summed E-state index contributed by atoms with van der Waals surface area (Å²) in [7, 11) is 1.61. The predicted molar refractivity (Wildman–Crippen MR) is 101 cm³/mol. The Morgan fingerprint density at radius 2 is 1.92 bits per heavy atom. The van der Waals surface area contributed by atoms with E-state index in [-0.39, 0.29) is 11.9 Å². The van der Waals surface area contributed by atoms with Crippen molar-refractivity contribution in [3.63, 3.8) is 0 Å². The van der Waals surface area contributed by atoms with Crippen molar-refractivity contribution in [2.24, 2.45) is 0 Å². The minimum Gasteiger partial charge on any atom is -0.493 e. The molecule has 1 amide bonds. The number of methoxy groups -OCH3 is 1. The maximum atomic E-state index is 11.7. The fourth-order valence-electron chi connectivity index (χ4n) is 2.34. The van der Waals surface area contributed by atoms with Gasteiger partial charge in [-0.3, -0.25) is 4.79 Å². The molecule has 132 valence electrons. The quantitative estimate of drug-likeness (QED) is 0.772. The van der Waals surface area contributed by atoms with Crippen molar-refractivity contribution >= 4 is 12.0 Å². The summed E-state index contributed by atoms with van der Waals surface area (Å²) in [4.78, 5) is 11.7. The van der Waals surface area contributed by atoms with Gasteiger partial charge in [0.15, 0.2) is 11.5 Å². The van der Waals surface area contributed by atoms with Crippen molar-refractivity contribution in [3.8, 4) is 11.5 Å². The number of aryl methyl sites for hydroxylation is 1. The fourth-order valence-corrected chi connectivity index (χ4v) is 2.34. The smallest absolute Gasteiger partial charge is 0.244 e. The number of ether oxygens (including phenoxy) is 2. The molecule has 0 atom stereocenters. The summed E-state index contributed by atoms with van der Waals surface area (Å²) in [5.74, 6) is 1.20. The molecule has 1 N–H and O–H groups in total. The highest BCUT2D eigenvalue weighted by atomic mass is 16.5. The molecule has 0 spiro atoms. The summed E-state index contributed by atoms with van der Waals surface area (Å²) in [6.45, 7) is 6.39. The molecule has 2 rings (SSSR count). The summed E-state index contributed by atoms with van der Waals surface area (Å²) in [5.41, 5.74) is 3.20. The number of benzene rings is 2. The van der Waals surface area contributed by atoms with Gasteiger partial charge in [0.2, 0.25) is 5.91 Å². The van der Waals surface area contributed by atoms with Crippen molar-refractivity contribution in [3.05, 3.63) is 65.2 Å². The van der Waals surface area contributed by atoms with Gasteiger partial charge in [0.05, 0.1) is 7.11 Å². The Morgan fingerprint density at radius 3 is 2.60 bits per heavy atom. The molecule has 4 nitrogen and oxygen atoms in total. The lowest BCUT2D eigenvalue weighted by Gasteiger charge is -2.12. The summed E-state index contributed by atoms with van der Waals surface area (Å²) >= 11 is 0. The van der Waals surface area contributed by atoms with Crippen LogP contribution in [0.2, 0.25) is 0 Å². The predicted octanol–water partition coefficient (Wildman–Crippen LogP) is 4.12. The normalized spacial score (nSPS) is 10.9. The third-order valence-corrected chi connectivity index (χ3v) is 3.69. The van der Waals surface area contributed by atoms with E-state index >= 15 is 0 Å². The molecule has 0 heterocycles. The lowest BCUT2D eigenvalue weighted by molar-refractivity contribution is -0.116. The SMILES string of the molecule is COc1cc(/C=C/C(=O)NC(C)C)ccc1OCc1ccccc1C. The second-order valence-corrected chi connectivity index (χ2v) is 6.12. The first-order chi connectivity index (χ1) is 12.0. The van der Waals surface area contributed by atoms with Gasteiger partial charge in [-0.15, -0.1) is 0 Å². The van der Waals surface area contributed by atoms with Crippen LogP contribution in [-0.2, 0) is 11.4 Å². The Hall–Kier alpha value is -2.75. The Bertz CT molecular complexity index is 751. The van der Waals surface area contributed by atoms with Gasteiger partial charge >= 0.3 is 0 Å². The lowest BCUT2D eigenvalue weighted by atomic mass is 10.1. The third-order valence-electron chi connectivity index (χ3n) is 3.69. The van der Waals surface area contributed by atoms with Gasteiger partial charge in [-0.1, -0.05) is 30.3 Å². The van der Waals surface area contributed by atoms with Crippen LogP contribution in [0.3, 0.4) is 0 Å². The molecule has 0 aliphatic rings. The van der Waals surface area contributed by atoms with E-state index in [0.717, 1.165) is 11.1 Å². The average Bonchev–Trinajstić information content (AvgIpc) is 2.59. The minimum atomic E-state index is -0.117. The molecule has 4 heteroatoms. The van der Waals surface area contributed by atoms with E-state index in [1.165, 1.54) is 11.6 Å². The molecule has 25 heavy (non-hydrogen) atoms. The number of hydrogen-bond donors (Lipinski definition) is 1. The van der Waals surface area contributed by atoms with E-state index in [0.29, 0.717) is 18.1 Å². The van der Waals surface area contributed by atoms with Crippen molar-refractivity contribution in [2.75, 3.05) is 7.11 Å². The van der Waals surface area contributed by atoms with E-state index in [2.05, 4.69) is 18.3 Å². The number of rotatable bonds is 7. The molecule has 0 aliphatic heterocycles. The molecule has 0 aromatic heterocycles. The molecule has 2 aromatic rings. The van der Waals surface area contributed by atoms with Gasteiger partial charge < -0.3 is 14.8 Å². The first kappa shape index (κ1) is 18.6. The monoisotopic (exact) mass is 339 g/mol. The summed E-state index contributed by atoms with van der Waals surface area (Å²) in [5, 5.41) is 2.82. The number of carbonyl (C=O) groups is 1. The molecular formula is C21H25NO3. The Labute approximate surface area is 149 Å². The third kappa shape index (κ3) is 5.68. The highest BCUT2D eigenvalue weighted by Crippen LogP contribution is 2.29. The van der Waals surface area contributed by atoms with Crippen molar-refractivity contribution in [1.82, 2.24) is 5.32 Å². The van der Waals surface area contributed by atoms with Crippen LogP contribution in [0.4, 0.5) is 0 Å². The first-order valence-electron chi connectivity index (χ1n) is 8.33. The topological polar surface area (TPSA) is 47.6 Å². The van der Waals surface area contributed by atoms with Crippen LogP contribution in [0, 0.1) is 6.92 Å². The largest absolute Gasteiger partial charge is 0.493 e. The molecular weight excluding hydrogens is 314 g/mol. The standard InChI is InChI=1S/C21H25NO3/c1-15(2)22-21(23)12-10-17-9-11-19(20(13-17)24-4)25-14-18-8-6-5-7-16(18)3/h5-13,15H,14H2,1-4H3,(H,22,23)/b12-10+. The average molecular weight is 339 g/mol. The van der Waals surface area contributed by atoms with Crippen LogP contribution in [0.1, 0.15) is 30.5 Å². The number of hydrogen-bond acceptors (Lipinski definition) is 3. The van der Waals surface area contributed by atoms with Crippen molar-refractivity contribution in [2.45, 2.75) is 33.4 Å². The Balaban J connectivity index is 2.07. The van der Waals surface area contributed by atoms with E-state index < -0.39 is 0 Å². The van der Waals surface area contributed by atoms with Crippen LogP contribution in [-0.4, -0.2) is 19.1 Å². The van der Waals surface area contributed by atoms with Gasteiger partial charge in [0.25, 0.3) is 0 Å². The van der Waals surface area contributed by atoms with E-state index in [4.69, 9.17) is 9.47 Å². The first-order valence-corrected chi connectivity index (χ1v) is 8.33. The zero-order chi connectivity index (χ0) is 18.2. The molecule has 0 saturated carbocycles. The van der Waals surface area contributed by atoms with Gasteiger partial charge in [0, 0.05) is 12.1 Å². The highest BCUT2D eigenvalue weighted by Gasteiger charge is 2.07. The van der Waals surface area contributed by atoms with Gasteiger partial charge in [-0.25, -0.2) is 0 Å². The van der Waals surface area contributed by atoms with E-state index in [9.17, 15) is 4.79 Å². The number of nitrogens with one attached hydrogen (secondary N) is 1. The maximum absolute atomic E-state index is 11.7. The van der Waals surface area contributed by atoms with Gasteiger partial charge in [-0.05, 0) is 55.7 Å². The van der Waals surface area contributed by atoms with E-state index in [1.807, 2.05) is 50.2 Å². The second-order valence-electron chi connectivity index (χ2n) is 6.12. The Morgan fingerprint density at radius 1 is 1.16 bits per heavy atom. The Kier molecular flexibility index (Phi) is 6.63. The van der Waals surface area contributed by atoms with Crippen LogP contribution >= 0.6 is 0 Å². The summed E-state index contributed by atoms with van der Waals surface area (Å²) in [6, 6.07) is 13.8. The van der Waals surface area contributed by atoms with Gasteiger partial charge in [0.1, 0.15) is 6.61 Å². The molecule has 0 unspecified atom stereocenters. The van der Waals surface area contributed by atoms with Crippen molar-refractivity contribution in [1.29, 1.82) is 0 Å². The number of carbonyl (C=O) groups excluding carboxylic acids is 1. The van der Waals surface area contributed by atoms with Crippen LogP contribution in [0.5, 0.6) is 11.5 Å². The minimum absolute atomic E-state index is 0.115. The zero-order valence-electron chi connectivity index (χ0n) is 15.2. The summed E-state index contributed by atoms with van der Waals surface area (Å²) < 4.78 is 11.3. The molecule has 0 saturated heterocycles. The molecule has 2 aromatic carbocycles. The number of amides is 1. The lowest BCUT2D eigenvalue weighted by Crippen LogP contribution is -2.28.